The first kappa shape index (κ1) is 19.0. The largest absolute Gasteiger partial charge is 0.496 e. The fourth-order valence-electron chi connectivity index (χ4n) is 2.08. The minimum absolute atomic E-state index is 0.0498. The third-order valence-electron chi connectivity index (χ3n) is 3.25. The second-order valence-corrected chi connectivity index (χ2v) is 6.43. The number of carbonyl (C=O) groups excluding carboxylic acids is 1. The van der Waals surface area contributed by atoms with E-state index >= 15 is 0 Å². The van der Waals surface area contributed by atoms with Gasteiger partial charge in [-0.2, -0.15) is 0 Å². The van der Waals surface area contributed by atoms with Crippen LogP contribution in [-0.4, -0.2) is 38.5 Å². The Morgan fingerprint density at radius 3 is 2.23 bits per heavy atom. The zero-order valence-electron chi connectivity index (χ0n) is 13.6. The van der Waals surface area contributed by atoms with Gasteiger partial charge in [-0.25, -0.2) is 18.4 Å². The van der Waals surface area contributed by atoms with Crippen LogP contribution in [0.25, 0.3) is 0 Å². The molecule has 0 atom stereocenters. The maximum Gasteiger partial charge on any atom is 0.327 e. The van der Waals surface area contributed by atoms with Gasteiger partial charge in [-0.15, -0.1) is 0 Å². The van der Waals surface area contributed by atoms with Gasteiger partial charge in [-0.1, -0.05) is 0 Å². The van der Waals surface area contributed by atoms with E-state index in [1.54, 1.807) is 0 Å². The number of hydrogen-bond acceptors (Lipinski definition) is 8. The quantitative estimate of drug-likeness (QED) is 0.412. The van der Waals surface area contributed by atoms with Crippen LogP contribution in [-0.2, 0) is 10.0 Å². The number of aromatic nitrogens is 2. The van der Waals surface area contributed by atoms with Gasteiger partial charge in [0.1, 0.15) is 27.9 Å². The van der Waals surface area contributed by atoms with Gasteiger partial charge in [0, 0.05) is 6.07 Å². The van der Waals surface area contributed by atoms with E-state index in [1.807, 2.05) is 4.98 Å². The summed E-state index contributed by atoms with van der Waals surface area (Å²) in [6.07, 6.45) is 0. The first-order chi connectivity index (χ1) is 12.1. The van der Waals surface area contributed by atoms with Crippen molar-refractivity contribution < 1.29 is 22.7 Å². The minimum atomic E-state index is -4.22. The number of carbonyl (C=O) groups is 1. The molecule has 26 heavy (non-hydrogen) atoms. The highest BCUT2D eigenvalue weighted by Gasteiger charge is 2.23. The van der Waals surface area contributed by atoms with Gasteiger partial charge in [0.15, 0.2) is 0 Å². The second-order valence-electron chi connectivity index (χ2n) is 4.90. The molecule has 7 N–H and O–H groups in total. The summed E-state index contributed by atoms with van der Waals surface area (Å²) in [6, 6.07) is 2.08. The molecule has 2 rings (SSSR count). The summed E-state index contributed by atoms with van der Waals surface area (Å²) in [5, 5.41) is 7.29. The third kappa shape index (κ3) is 3.68. The average molecular weight is 385 g/mol. The number of H-pyrrole nitrogens is 2. The minimum Gasteiger partial charge on any atom is -0.496 e. The molecular formula is C13H15N5O7S. The molecule has 0 saturated heterocycles. The number of nitrogens with one attached hydrogen (secondary N) is 3. The molecule has 0 aliphatic rings. The van der Waals surface area contributed by atoms with Crippen LogP contribution >= 0.6 is 0 Å². The Hall–Kier alpha value is -3.32. The van der Waals surface area contributed by atoms with Crippen LogP contribution in [0.15, 0.2) is 26.6 Å². The van der Waals surface area contributed by atoms with Crippen molar-refractivity contribution in [2.24, 2.45) is 5.14 Å². The van der Waals surface area contributed by atoms with Crippen LogP contribution in [0.5, 0.6) is 11.5 Å². The SMILES string of the molecule is COc1cc(OC)c(S(N)(=O)=O)cc1C(=O)Nc1c(N)[nH]c(=O)[nH]c1=O. The summed E-state index contributed by atoms with van der Waals surface area (Å²) in [7, 11) is -1.77. The second kappa shape index (κ2) is 6.89. The van der Waals surface area contributed by atoms with E-state index in [0.29, 0.717) is 0 Å². The monoisotopic (exact) mass is 385 g/mol. The van der Waals surface area contributed by atoms with Crippen molar-refractivity contribution in [3.8, 4) is 11.5 Å². The standard InChI is InChI=1S/C13H15N5O7S/c1-24-6-4-7(25-2)8(26(15,22)23)3-5(6)11(19)16-9-10(14)17-13(21)18-12(9)20/h3-4H,1-2H3,(H,16,19)(H2,15,22,23)(H4,14,17,18,20,21). The molecule has 0 unspecified atom stereocenters. The van der Waals surface area contributed by atoms with Crippen molar-refractivity contribution in [3.05, 3.63) is 38.5 Å². The number of rotatable bonds is 5. The van der Waals surface area contributed by atoms with Crippen LogP contribution in [0.2, 0.25) is 0 Å². The highest BCUT2D eigenvalue weighted by molar-refractivity contribution is 7.89. The van der Waals surface area contributed by atoms with E-state index in [2.05, 4.69) is 10.3 Å². The number of benzene rings is 1. The molecule has 140 valence electrons. The summed E-state index contributed by atoms with van der Waals surface area (Å²) >= 11 is 0. The molecular weight excluding hydrogens is 370 g/mol. The number of hydrogen-bond donors (Lipinski definition) is 5. The molecule has 1 aromatic carbocycles. The lowest BCUT2D eigenvalue weighted by Crippen LogP contribution is -2.29. The summed E-state index contributed by atoms with van der Waals surface area (Å²) < 4.78 is 33.4. The molecule has 1 heterocycles. The molecule has 13 heteroatoms. The number of methoxy groups -OCH3 is 2. The zero-order chi connectivity index (χ0) is 19.6. The van der Waals surface area contributed by atoms with E-state index in [9.17, 15) is 22.8 Å². The van der Waals surface area contributed by atoms with Gasteiger partial charge < -0.3 is 20.5 Å². The predicted molar refractivity (Wildman–Crippen MR) is 91.0 cm³/mol. The fourth-order valence-corrected chi connectivity index (χ4v) is 2.78. The lowest BCUT2D eigenvalue weighted by Gasteiger charge is -2.14. The number of nitrogen functional groups attached to an aromatic ring is 1. The Labute approximate surface area is 146 Å². The number of nitrogens with two attached hydrogens (primary N) is 2. The molecule has 1 amide bonds. The lowest BCUT2D eigenvalue weighted by atomic mass is 10.1. The summed E-state index contributed by atoms with van der Waals surface area (Å²) in [5.41, 5.74) is 3.02. The number of primary sulfonamides is 1. The van der Waals surface area contributed by atoms with E-state index in [-0.39, 0.29) is 22.9 Å². The molecule has 0 fully saturated rings. The van der Waals surface area contributed by atoms with E-state index in [4.69, 9.17) is 20.3 Å². The number of aromatic amines is 2. The van der Waals surface area contributed by atoms with Crippen molar-refractivity contribution in [3.63, 3.8) is 0 Å². The normalized spacial score (nSPS) is 11.0. The van der Waals surface area contributed by atoms with E-state index in [0.717, 1.165) is 12.1 Å². The molecule has 0 spiro atoms. The Kier molecular flexibility index (Phi) is 5.04. The van der Waals surface area contributed by atoms with Crippen LogP contribution in [0, 0.1) is 0 Å². The summed E-state index contributed by atoms with van der Waals surface area (Å²) in [4.78, 5) is 38.9. The van der Waals surface area contributed by atoms with Gasteiger partial charge in [0.2, 0.25) is 10.0 Å². The van der Waals surface area contributed by atoms with Crippen LogP contribution in [0.1, 0.15) is 10.4 Å². The lowest BCUT2D eigenvalue weighted by molar-refractivity contribution is 0.102. The first-order valence-electron chi connectivity index (χ1n) is 6.80. The Morgan fingerprint density at radius 2 is 1.73 bits per heavy atom. The number of anilines is 2. The van der Waals surface area contributed by atoms with E-state index < -0.39 is 37.8 Å². The molecule has 2 aromatic rings. The molecule has 0 aliphatic carbocycles. The predicted octanol–water partition coefficient (Wildman–Crippen LogP) is -1.44. The van der Waals surface area contributed by atoms with Gasteiger partial charge in [-0.05, 0) is 6.07 Å². The Balaban J connectivity index is 2.59. The van der Waals surface area contributed by atoms with Crippen LogP contribution in [0.3, 0.4) is 0 Å². The maximum atomic E-state index is 12.5. The number of amides is 1. The van der Waals surface area contributed by atoms with Gasteiger partial charge in [-0.3, -0.25) is 19.6 Å². The molecule has 12 nitrogen and oxygen atoms in total. The molecule has 0 bridgehead atoms. The van der Waals surface area contributed by atoms with Gasteiger partial charge in [0.25, 0.3) is 11.5 Å². The number of sulfonamides is 1. The van der Waals surface area contributed by atoms with Crippen LogP contribution < -0.4 is 36.9 Å². The van der Waals surface area contributed by atoms with Crippen molar-refractivity contribution in [1.82, 2.24) is 9.97 Å². The maximum absolute atomic E-state index is 12.5. The highest BCUT2D eigenvalue weighted by atomic mass is 32.2. The van der Waals surface area contributed by atoms with Crippen molar-refractivity contribution >= 4 is 27.4 Å². The summed E-state index contributed by atoms with van der Waals surface area (Å²) in [5.74, 6) is -1.50. The topological polar surface area (TPSA) is 199 Å². The van der Waals surface area contributed by atoms with Gasteiger partial charge in [0.05, 0.1) is 19.8 Å². The van der Waals surface area contributed by atoms with Gasteiger partial charge >= 0.3 is 5.69 Å². The molecule has 0 saturated carbocycles. The Bertz CT molecular complexity index is 1090. The smallest absolute Gasteiger partial charge is 0.327 e. The summed E-state index contributed by atoms with van der Waals surface area (Å²) in [6.45, 7) is 0. The van der Waals surface area contributed by atoms with Crippen LogP contribution in [0.4, 0.5) is 11.5 Å². The van der Waals surface area contributed by atoms with Crippen molar-refractivity contribution in [1.29, 1.82) is 0 Å². The average Bonchev–Trinajstić information content (AvgIpc) is 2.55. The molecule has 1 aromatic heterocycles. The Morgan fingerprint density at radius 1 is 1.12 bits per heavy atom. The highest BCUT2D eigenvalue weighted by Crippen LogP contribution is 2.32. The fraction of sp³-hybridized carbons (Fsp3) is 0.154. The van der Waals surface area contributed by atoms with E-state index in [1.165, 1.54) is 14.2 Å². The van der Waals surface area contributed by atoms with Crippen molar-refractivity contribution in [2.45, 2.75) is 4.90 Å². The molecule has 0 aliphatic heterocycles. The zero-order valence-corrected chi connectivity index (χ0v) is 14.4. The first-order valence-corrected chi connectivity index (χ1v) is 8.35. The van der Waals surface area contributed by atoms with Crippen molar-refractivity contribution in [2.75, 3.05) is 25.3 Å². The third-order valence-corrected chi connectivity index (χ3v) is 4.18. The molecule has 0 radical (unpaired) electrons. The number of ether oxygens (including phenoxy) is 2.